The summed E-state index contributed by atoms with van der Waals surface area (Å²) in [5.41, 5.74) is -0.138. The molecule has 1 aromatic heterocycles. The second-order valence-electron chi connectivity index (χ2n) is 7.31. The number of ether oxygens (including phenoxy) is 1. The predicted octanol–water partition coefficient (Wildman–Crippen LogP) is 2.09. The van der Waals surface area contributed by atoms with Crippen LogP contribution in [0.15, 0.2) is 0 Å². The molecule has 0 atom stereocenters. The molecule has 122 valence electrons. The van der Waals surface area contributed by atoms with Crippen molar-refractivity contribution in [3.05, 3.63) is 0 Å². The monoisotopic (exact) mass is 307 g/mol. The first-order valence-electron chi connectivity index (χ1n) is 8.20. The minimum Gasteiger partial charge on any atom is -0.480 e. The van der Waals surface area contributed by atoms with Crippen LogP contribution in [0.2, 0.25) is 0 Å². The summed E-state index contributed by atoms with van der Waals surface area (Å²) in [6.07, 6.45) is 6.03. The van der Waals surface area contributed by atoms with Crippen molar-refractivity contribution in [2.24, 2.45) is 0 Å². The highest BCUT2D eigenvalue weighted by atomic mass is 16.7. The van der Waals surface area contributed by atoms with Gasteiger partial charge in [0.25, 0.3) is 0 Å². The summed E-state index contributed by atoms with van der Waals surface area (Å²) >= 11 is 0. The van der Waals surface area contributed by atoms with E-state index in [9.17, 15) is 0 Å². The van der Waals surface area contributed by atoms with Crippen molar-refractivity contribution >= 4 is 12.7 Å². The van der Waals surface area contributed by atoms with Crippen molar-refractivity contribution in [2.75, 3.05) is 7.11 Å². The van der Waals surface area contributed by atoms with Gasteiger partial charge in [0.2, 0.25) is 5.88 Å². The quantitative estimate of drug-likeness (QED) is 0.800. The second kappa shape index (κ2) is 5.53. The van der Waals surface area contributed by atoms with Gasteiger partial charge in [0.05, 0.1) is 24.4 Å². The van der Waals surface area contributed by atoms with E-state index >= 15 is 0 Å². The zero-order valence-electron chi connectivity index (χ0n) is 14.3. The summed E-state index contributed by atoms with van der Waals surface area (Å²) in [6, 6.07) is 0.368. The Hall–Kier alpha value is -1.08. The fourth-order valence-corrected chi connectivity index (χ4v) is 3.16. The van der Waals surface area contributed by atoms with Gasteiger partial charge < -0.3 is 14.0 Å². The lowest BCUT2D eigenvalue weighted by Gasteiger charge is -2.32. The molecular formula is C15H26BN3O3. The molecule has 6 nitrogen and oxygen atoms in total. The number of rotatable bonds is 3. The van der Waals surface area contributed by atoms with Crippen molar-refractivity contribution in [1.82, 2.24) is 15.0 Å². The van der Waals surface area contributed by atoms with Gasteiger partial charge in [-0.1, -0.05) is 24.5 Å². The van der Waals surface area contributed by atoms with E-state index in [4.69, 9.17) is 14.0 Å². The van der Waals surface area contributed by atoms with Gasteiger partial charge >= 0.3 is 7.12 Å². The summed E-state index contributed by atoms with van der Waals surface area (Å²) in [7, 11) is 1.13. The molecule has 0 radical (unpaired) electrons. The second-order valence-corrected chi connectivity index (χ2v) is 7.31. The maximum Gasteiger partial charge on any atom is 0.522 e. The van der Waals surface area contributed by atoms with Crippen molar-refractivity contribution < 1.29 is 14.0 Å². The van der Waals surface area contributed by atoms with Gasteiger partial charge in [-0.15, -0.1) is 5.10 Å². The smallest absolute Gasteiger partial charge is 0.480 e. The summed E-state index contributed by atoms with van der Waals surface area (Å²) in [5, 5.41) is 8.65. The lowest BCUT2D eigenvalue weighted by Crippen LogP contribution is -2.41. The van der Waals surface area contributed by atoms with Gasteiger partial charge in [-0.2, -0.15) is 0 Å². The first-order valence-corrected chi connectivity index (χ1v) is 8.20. The topological polar surface area (TPSA) is 58.4 Å². The van der Waals surface area contributed by atoms with Gasteiger partial charge in [-0.25, -0.2) is 4.68 Å². The van der Waals surface area contributed by atoms with E-state index in [0.29, 0.717) is 17.5 Å². The number of hydrogen-bond acceptors (Lipinski definition) is 5. The van der Waals surface area contributed by atoms with Crippen LogP contribution in [-0.4, -0.2) is 40.4 Å². The Bertz CT molecular complexity index is 522. The SMILES string of the molecule is COc1c(B2OC(C)(C)C(C)(C)O2)nnn1C1CCCCC1. The molecule has 0 spiro atoms. The van der Waals surface area contributed by atoms with E-state index < -0.39 is 18.3 Å². The number of nitrogens with zero attached hydrogens (tertiary/aromatic N) is 3. The molecule has 0 bridgehead atoms. The number of methoxy groups -OCH3 is 1. The summed E-state index contributed by atoms with van der Waals surface area (Å²) < 4.78 is 19.7. The average molecular weight is 307 g/mol. The van der Waals surface area contributed by atoms with Crippen molar-refractivity contribution in [3.63, 3.8) is 0 Å². The molecule has 7 heteroatoms. The van der Waals surface area contributed by atoms with Crippen molar-refractivity contribution in [3.8, 4) is 5.88 Å². The average Bonchev–Trinajstić information content (AvgIpc) is 2.98. The lowest BCUT2D eigenvalue weighted by atomic mass is 9.85. The Labute approximate surface area is 132 Å². The van der Waals surface area contributed by atoms with Gasteiger partial charge in [0.15, 0.2) is 5.59 Å². The van der Waals surface area contributed by atoms with Crippen LogP contribution in [0.4, 0.5) is 0 Å². The normalized spacial score (nSPS) is 24.7. The van der Waals surface area contributed by atoms with Gasteiger partial charge in [0, 0.05) is 0 Å². The fourth-order valence-electron chi connectivity index (χ4n) is 3.16. The van der Waals surface area contributed by atoms with Crippen LogP contribution in [0, 0.1) is 0 Å². The summed E-state index contributed by atoms with van der Waals surface area (Å²) in [6.45, 7) is 8.13. The molecule has 1 saturated heterocycles. The zero-order valence-corrected chi connectivity index (χ0v) is 14.3. The van der Waals surface area contributed by atoms with Crippen LogP contribution < -0.4 is 10.3 Å². The third-order valence-corrected chi connectivity index (χ3v) is 5.27. The Balaban J connectivity index is 1.88. The molecule has 1 saturated carbocycles. The van der Waals surface area contributed by atoms with Gasteiger partial charge in [-0.3, -0.25) is 0 Å². The minimum absolute atomic E-state index is 0.368. The Morgan fingerprint density at radius 1 is 1.09 bits per heavy atom. The highest BCUT2D eigenvalue weighted by Gasteiger charge is 2.54. The van der Waals surface area contributed by atoms with Crippen LogP contribution >= 0.6 is 0 Å². The molecule has 3 rings (SSSR count). The Morgan fingerprint density at radius 3 is 2.23 bits per heavy atom. The largest absolute Gasteiger partial charge is 0.522 e. The first kappa shape index (κ1) is 15.8. The van der Waals surface area contributed by atoms with Gasteiger partial charge in [-0.05, 0) is 40.5 Å². The molecule has 1 aliphatic heterocycles. The summed E-state index contributed by atoms with van der Waals surface area (Å²) in [5.74, 6) is 0.672. The molecule has 0 amide bonds. The molecule has 0 N–H and O–H groups in total. The van der Waals surface area contributed by atoms with E-state index in [1.54, 1.807) is 7.11 Å². The van der Waals surface area contributed by atoms with Crippen molar-refractivity contribution in [2.45, 2.75) is 77.0 Å². The van der Waals surface area contributed by atoms with E-state index in [0.717, 1.165) is 12.8 Å². The van der Waals surface area contributed by atoms with Crippen LogP contribution in [0.25, 0.3) is 0 Å². The standard InChI is InChI=1S/C15H26BN3O3/c1-14(2)15(3,4)22-16(21-14)12-13(20-5)19(18-17-12)11-9-7-6-8-10-11/h11H,6-10H2,1-5H3. The minimum atomic E-state index is -0.530. The lowest BCUT2D eigenvalue weighted by molar-refractivity contribution is 0.00578. The van der Waals surface area contributed by atoms with Crippen LogP contribution in [-0.2, 0) is 9.31 Å². The maximum atomic E-state index is 6.08. The number of hydrogen-bond donors (Lipinski definition) is 0. The third kappa shape index (κ3) is 2.54. The van der Waals surface area contributed by atoms with E-state index in [1.165, 1.54) is 19.3 Å². The highest BCUT2D eigenvalue weighted by molar-refractivity contribution is 6.62. The van der Waals surface area contributed by atoms with Crippen molar-refractivity contribution in [1.29, 1.82) is 0 Å². The zero-order chi connectivity index (χ0) is 16.0. The molecule has 1 aromatic rings. The molecule has 2 fully saturated rings. The van der Waals surface area contributed by atoms with Crippen LogP contribution in [0.5, 0.6) is 5.88 Å². The van der Waals surface area contributed by atoms with E-state index in [-0.39, 0.29) is 0 Å². The molecule has 22 heavy (non-hydrogen) atoms. The molecule has 2 heterocycles. The molecule has 2 aliphatic rings. The molecule has 0 aromatic carbocycles. The van der Waals surface area contributed by atoms with Crippen LogP contribution in [0.1, 0.15) is 65.8 Å². The number of aromatic nitrogens is 3. The van der Waals surface area contributed by atoms with E-state index in [1.807, 2.05) is 32.4 Å². The highest BCUT2D eigenvalue weighted by Crippen LogP contribution is 2.37. The molecule has 0 unspecified atom stereocenters. The maximum absolute atomic E-state index is 6.08. The predicted molar refractivity (Wildman–Crippen MR) is 84.4 cm³/mol. The fraction of sp³-hybridized carbons (Fsp3) is 0.867. The van der Waals surface area contributed by atoms with E-state index in [2.05, 4.69) is 10.3 Å². The summed E-state index contributed by atoms with van der Waals surface area (Å²) in [4.78, 5) is 0. The first-order chi connectivity index (χ1) is 10.4. The Morgan fingerprint density at radius 2 is 1.68 bits per heavy atom. The van der Waals surface area contributed by atoms with Crippen LogP contribution in [0.3, 0.4) is 0 Å². The van der Waals surface area contributed by atoms with Gasteiger partial charge in [0.1, 0.15) is 0 Å². The Kier molecular flexibility index (Phi) is 3.97. The molecular weight excluding hydrogens is 281 g/mol. The third-order valence-electron chi connectivity index (χ3n) is 5.27. The molecule has 1 aliphatic carbocycles.